The molecule has 2 heterocycles. The highest BCUT2D eigenvalue weighted by Gasteiger charge is 2.46. The zero-order valence-corrected chi connectivity index (χ0v) is 17.6. The van der Waals surface area contributed by atoms with Crippen molar-refractivity contribution in [2.75, 3.05) is 5.32 Å². The molecule has 4 heteroatoms. The Morgan fingerprint density at radius 3 is 2.17 bits per heavy atom. The van der Waals surface area contributed by atoms with Gasteiger partial charge in [-0.1, -0.05) is 64.1 Å². The predicted octanol–water partition coefficient (Wildman–Crippen LogP) is 5.03. The fourth-order valence-electron chi connectivity index (χ4n) is 4.65. The lowest BCUT2D eigenvalue weighted by molar-refractivity contribution is -0.134. The van der Waals surface area contributed by atoms with Crippen LogP contribution in [0.3, 0.4) is 0 Å². The summed E-state index contributed by atoms with van der Waals surface area (Å²) in [6.07, 6.45) is 3.50. The molecule has 0 unspecified atom stereocenters. The van der Waals surface area contributed by atoms with Crippen molar-refractivity contribution in [2.24, 2.45) is 10.9 Å². The number of hydrogen-bond acceptors (Lipinski definition) is 4. The standard InChI is InChI=1S/C26H24N2O2/c1-25(2)17-9-5-7-11-19(17)27-21(25)13-15-23(29)16(24(15)30)14-22-26(3,4)18-10-6-8-12-20(18)28-22/h5-15,27H,1-4H3/b16-14?,21-13+. The number of anilines is 1. The van der Waals surface area contributed by atoms with Crippen LogP contribution in [0.15, 0.2) is 76.9 Å². The number of aliphatic imine (C=N–C) groups is 1. The van der Waals surface area contributed by atoms with Crippen molar-refractivity contribution in [3.8, 4) is 0 Å². The number of allylic oxidation sites excluding steroid dienone is 4. The van der Waals surface area contributed by atoms with Gasteiger partial charge >= 0.3 is 0 Å². The lowest BCUT2D eigenvalue weighted by atomic mass is 9.72. The Kier molecular flexibility index (Phi) is 3.82. The van der Waals surface area contributed by atoms with Crippen LogP contribution in [0.1, 0.15) is 38.8 Å². The van der Waals surface area contributed by atoms with E-state index in [0.717, 1.165) is 28.3 Å². The second-order valence-electron chi connectivity index (χ2n) is 9.28. The van der Waals surface area contributed by atoms with Crippen LogP contribution in [0.5, 0.6) is 0 Å². The van der Waals surface area contributed by atoms with Crippen LogP contribution < -0.4 is 5.32 Å². The van der Waals surface area contributed by atoms with Gasteiger partial charge in [-0.15, -0.1) is 0 Å². The van der Waals surface area contributed by atoms with E-state index in [2.05, 4.69) is 44.1 Å². The smallest absolute Gasteiger partial charge is 0.181 e. The van der Waals surface area contributed by atoms with Crippen molar-refractivity contribution >= 4 is 28.7 Å². The number of fused-ring (bicyclic) bond motifs is 2. The van der Waals surface area contributed by atoms with Crippen LogP contribution in [0.2, 0.25) is 0 Å². The maximum atomic E-state index is 12.9. The van der Waals surface area contributed by atoms with E-state index in [4.69, 9.17) is 0 Å². The van der Waals surface area contributed by atoms with E-state index in [0.29, 0.717) is 0 Å². The lowest BCUT2D eigenvalue weighted by Gasteiger charge is -2.28. The molecule has 0 atom stereocenters. The molecule has 0 saturated heterocycles. The van der Waals surface area contributed by atoms with Gasteiger partial charge in [0.05, 0.1) is 17.0 Å². The van der Waals surface area contributed by atoms with Crippen LogP contribution in [0.4, 0.5) is 11.4 Å². The summed E-state index contributed by atoms with van der Waals surface area (Å²) < 4.78 is 0. The average molecular weight is 396 g/mol. The number of ketones is 2. The first-order chi connectivity index (χ1) is 14.2. The average Bonchev–Trinajstić information content (AvgIpc) is 3.14. The van der Waals surface area contributed by atoms with E-state index >= 15 is 0 Å². The number of nitrogens with zero attached hydrogens (tertiary/aromatic N) is 1. The quantitative estimate of drug-likeness (QED) is 0.440. The summed E-state index contributed by atoms with van der Waals surface area (Å²) in [7, 11) is 0. The first-order valence-corrected chi connectivity index (χ1v) is 10.3. The van der Waals surface area contributed by atoms with Crippen LogP contribution in [-0.2, 0) is 20.4 Å². The molecule has 5 rings (SSSR count). The van der Waals surface area contributed by atoms with Gasteiger partial charge in [-0.05, 0) is 35.4 Å². The van der Waals surface area contributed by atoms with Gasteiger partial charge in [-0.3, -0.25) is 14.6 Å². The van der Waals surface area contributed by atoms with Gasteiger partial charge in [0.15, 0.2) is 11.6 Å². The minimum absolute atomic E-state index is 0.129. The molecule has 1 fully saturated rings. The number of para-hydroxylation sites is 2. The normalized spacial score (nSPS) is 24.1. The first-order valence-electron chi connectivity index (χ1n) is 10.3. The number of carbonyl (C=O) groups excluding carboxylic acids is 2. The number of benzene rings is 2. The lowest BCUT2D eigenvalue weighted by Crippen LogP contribution is -2.41. The SMILES string of the molecule is CC1(C)C(C=C2C(=O)C(/C=C3/Nc4ccccc4C3(C)C)C2=O)=Nc2ccccc21. The molecular weight excluding hydrogens is 372 g/mol. The van der Waals surface area contributed by atoms with Gasteiger partial charge in [-0.25, -0.2) is 0 Å². The van der Waals surface area contributed by atoms with E-state index in [1.54, 1.807) is 12.2 Å². The van der Waals surface area contributed by atoms with Crippen LogP contribution >= 0.6 is 0 Å². The van der Waals surface area contributed by atoms with E-state index in [9.17, 15) is 9.59 Å². The molecule has 4 nitrogen and oxygen atoms in total. The minimum Gasteiger partial charge on any atom is -0.358 e. The number of hydrogen-bond donors (Lipinski definition) is 1. The molecule has 3 aliphatic rings. The van der Waals surface area contributed by atoms with E-state index in [1.807, 2.05) is 42.5 Å². The monoisotopic (exact) mass is 396 g/mol. The highest BCUT2D eigenvalue weighted by Crippen LogP contribution is 2.45. The summed E-state index contributed by atoms with van der Waals surface area (Å²) in [5, 5.41) is 3.39. The summed E-state index contributed by atoms with van der Waals surface area (Å²) in [6.45, 7) is 8.36. The topological polar surface area (TPSA) is 58.5 Å². The van der Waals surface area contributed by atoms with Crippen molar-refractivity contribution < 1.29 is 9.59 Å². The number of carbonyl (C=O) groups is 2. The molecule has 0 bridgehead atoms. The molecule has 0 radical (unpaired) electrons. The molecule has 0 spiro atoms. The maximum Gasteiger partial charge on any atom is 0.181 e. The van der Waals surface area contributed by atoms with Crippen LogP contribution in [0.25, 0.3) is 0 Å². The third kappa shape index (κ3) is 2.49. The zero-order valence-electron chi connectivity index (χ0n) is 17.6. The van der Waals surface area contributed by atoms with E-state index < -0.39 is 5.92 Å². The largest absolute Gasteiger partial charge is 0.358 e. The first kappa shape index (κ1) is 18.7. The molecule has 2 aliphatic heterocycles. The minimum atomic E-state index is -0.722. The highest BCUT2D eigenvalue weighted by molar-refractivity contribution is 6.41. The van der Waals surface area contributed by atoms with Crippen molar-refractivity contribution in [1.29, 1.82) is 0 Å². The molecule has 0 aromatic heterocycles. The molecule has 30 heavy (non-hydrogen) atoms. The van der Waals surface area contributed by atoms with Gasteiger partial charge in [0, 0.05) is 22.2 Å². The van der Waals surface area contributed by atoms with E-state index in [1.165, 1.54) is 5.56 Å². The molecule has 0 amide bonds. The van der Waals surface area contributed by atoms with Gasteiger partial charge in [0.25, 0.3) is 0 Å². The number of rotatable bonds is 2. The van der Waals surface area contributed by atoms with Crippen LogP contribution in [-0.4, -0.2) is 17.3 Å². The van der Waals surface area contributed by atoms with Gasteiger partial charge in [0.1, 0.15) is 5.92 Å². The molecule has 1 aliphatic carbocycles. The van der Waals surface area contributed by atoms with E-state index in [-0.39, 0.29) is 28.0 Å². The van der Waals surface area contributed by atoms with Gasteiger partial charge < -0.3 is 5.32 Å². The van der Waals surface area contributed by atoms with Crippen LogP contribution in [0, 0.1) is 5.92 Å². The molecule has 1 saturated carbocycles. The van der Waals surface area contributed by atoms with Crippen molar-refractivity contribution in [3.63, 3.8) is 0 Å². The predicted molar refractivity (Wildman–Crippen MR) is 119 cm³/mol. The third-order valence-electron chi connectivity index (χ3n) is 6.71. The molecule has 150 valence electrons. The summed E-state index contributed by atoms with van der Waals surface area (Å²) in [6, 6.07) is 16.0. The zero-order chi connectivity index (χ0) is 21.3. The fraction of sp³-hybridized carbons (Fsp3) is 0.269. The fourth-order valence-corrected chi connectivity index (χ4v) is 4.65. The Morgan fingerprint density at radius 1 is 0.867 bits per heavy atom. The summed E-state index contributed by atoms with van der Waals surface area (Å²) in [5.74, 6) is -0.981. The Hall–Kier alpha value is -3.27. The van der Waals surface area contributed by atoms with Crippen molar-refractivity contribution in [2.45, 2.75) is 38.5 Å². The van der Waals surface area contributed by atoms with Gasteiger partial charge in [-0.2, -0.15) is 0 Å². The molecule has 2 aromatic carbocycles. The maximum absolute atomic E-state index is 12.9. The Bertz CT molecular complexity index is 1190. The third-order valence-corrected chi connectivity index (χ3v) is 6.71. The molecular formula is C26H24N2O2. The Labute approximate surface area is 176 Å². The van der Waals surface area contributed by atoms with Gasteiger partial charge in [0.2, 0.25) is 0 Å². The Balaban J connectivity index is 1.43. The number of Topliss-reactive ketones (excluding diaryl/α,β-unsaturated/α-hetero) is 2. The second-order valence-corrected chi connectivity index (χ2v) is 9.28. The highest BCUT2D eigenvalue weighted by atomic mass is 16.2. The summed E-state index contributed by atoms with van der Waals surface area (Å²) >= 11 is 0. The Morgan fingerprint density at radius 2 is 1.50 bits per heavy atom. The van der Waals surface area contributed by atoms with Crippen molar-refractivity contribution in [1.82, 2.24) is 0 Å². The summed E-state index contributed by atoms with van der Waals surface area (Å²) in [5.41, 5.74) is 5.55. The summed E-state index contributed by atoms with van der Waals surface area (Å²) in [4.78, 5) is 30.5. The molecule has 1 N–H and O–H groups in total. The molecule has 2 aromatic rings. The van der Waals surface area contributed by atoms with Crippen molar-refractivity contribution in [3.05, 3.63) is 83.1 Å². The number of nitrogens with one attached hydrogen (secondary N) is 1. The second kappa shape index (κ2) is 6.11.